The average molecular weight is 319 g/mol. The SMILES string of the molecule is CCC(=O)CC(CC(=O)[Si](C)(C)C(C)(C)C)c1ccccc1. The summed E-state index contributed by atoms with van der Waals surface area (Å²) in [5, 5.41) is 0.415. The molecule has 1 unspecified atom stereocenters. The van der Waals surface area contributed by atoms with Crippen molar-refractivity contribution in [2.24, 2.45) is 0 Å². The summed E-state index contributed by atoms with van der Waals surface area (Å²) in [5.41, 5.74) is 1.11. The molecule has 0 spiro atoms. The van der Waals surface area contributed by atoms with Crippen LogP contribution in [0.25, 0.3) is 0 Å². The average Bonchev–Trinajstić information content (AvgIpc) is 2.45. The van der Waals surface area contributed by atoms with Gasteiger partial charge in [0.15, 0.2) is 0 Å². The molecule has 3 heteroatoms. The van der Waals surface area contributed by atoms with Gasteiger partial charge in [0.05, 0.1) is 0 Å². The molecule has 0 aliphatic rings. The maximum atomic E-state index is 12.9. The van der Waals surface area contributed by atoms with Crippen molar-refractivity contribution in [1.29, 1.82) is 0 Å². The molecule has 0 saturated carbocycles. The predicted octanol–water partition coefficient (Wildman–Crippen LogP) is 5.15. The first-order valence-electron chi connectivity index (χ1n) is 8.19. The summed E-state index contributed by atoms with van der Waals surface area (Å²) in [6, 6.07) is 10.0. The van der Waals surface area contributed by atoms with Gasteiger partial charge in [0.2, 0.25) is 0 Å². The van der Waals surface area contributed by atoms with Gasteiger partial charge in [-0.25, -0.2) is 0 Å². The Morgan fingerprint density at radius 2 is 1.59 bits per heavy atom. The van der Waals surface area contributed by atoms with E-state index in [-0.39, 0.29) is 16.7 Å². The number of benzene rings is 1. The second kappa shape index (κ2) is 7.36. The van der Waals surface area contributed by atoms with E-state index in [2.05, 4.69) is 33.9 Å². The van der Waals surface area contributed by atoms with Crippen LogP contribution in [0, 0.1) is 0 Å². The molecule has 0 aliphatic carbocycles. The van der Waals surface area contributed by atoms with Gasteiger partial charge >= 0.3 is 0 Å². The van der Waals surface area contributed by atoms with Crippen molar-refractivity contribution in [3.63, 3.8) is 0 Å². The molecule has 1 aromatic carbocycles. The second-order valence-corrected chi connectivity index (χ2v) is 13.0. The summed E-state index contributed by atoms with van der Waals surface area (Å²) in [4.78, 5) is 24.8. The van der Waals surface area contributed by atoms with Gasteiger partial charge in [-0.2, -0.15) is 0 Å². The molecule has 0 heterocycles. The molecule has 0 aliphatic heterocycles. The topological polar surface area (TPSA) is 34.1 Å². The third kappa shape index (κ3) is 4.64. The van der Waals surface area contributed by atoms with E-state index in [1.807, 2.05) is 37.3 Å². The minimum absolute atomic E-state index is 0.0234. The van der Waals surface area contributed by atoms with Crippen LogP contribution in [0.5, 0.6) is 0 Å². The molecule has 0 radical (unpaired) electrons. The van der Waals surface area contributed by atoms with Gasteiger partial charge in [-0.15, -0.1) is 0 Å². The van der Waals surface area contributed by atoms with Crippen molar-refractivity contribution in [1.82, 2.24) is 0 Å². The first kappa shape index (κ1) is 18.8. The molecule has 122 valence electrons. The zero-order valence-corrected chi connectivity index (χ0v) is 15.9. The van der Waals surface area contributed by atoms with E-state index in [1.54, 1.807) is 0 Å². The lowest BCUT2D eigenvalue weighted by atomic mass is 9.90. The molecule has 1 rings (SSSR count). The number of hydrogen-bond acceptors (Lipinski definition) is 2. The summed E-state index contributed by atoms with van der Waals surface area (Å²) in [6.45, 7) is 12.7. The molecule has 2 nitrogen and oxygen atoms in total. The van der Waals surface area contributed by atoms with Crippen LogP contribution in [0.4, 0.5) is 0 Å². The van der Waals surface area contributed by atoms with E-state index in [0.717, 1.165) is 5.56 Å². The third-order valence-corrected chi connectivity index (χ3v) is 10.5. The quantitative estimate of drug-likeness (QED) is 0.652. The van der Waals surface area contributed by atoms with Gasteiger partial charge in [0.25, 0.3) is 0 Å². The van der Waals surface area contributed by atoms with E-state index in [0.29, 0.717) is 24.7 Å². The normalized spacial score (nSPS) is 13.7. The first-order valence-corrected chi connectivity index (χ1v) is 11.2. The van der Waals surface area contributed by atoms with Gasteiger partial charge < -0.3 is 4.79 Å². The zero-order valence-electron chi connectivity index (χ0n) is 14.9. The molecule has 0 bridgehead atoms. The monoisotopic (exact) mass is 318 g/mol. The van der Waals surface area contributed by atoms with Crippen molar-refractivity contribution in [2.75, 3.05) is 0 Å². The maximum Gasteiger partial charge on any atom is 0.133 e. The van der Waals surface area contributed by atoms with E-state index >= 15 is 0 Å². The van der Waals surface area contributed by atoms with E-state index in [4.69, 9.17) is 0 Å². The summed E-state index contributed by atoms with van der Waals surface area (Å²) in [6.07, 6.45) is 1.50. The fourth-order valence-corrected chi connectivity index (χ4v) is 3.94. The van der Waals surface area contributed by atoms with Crippen LogP contribution in [0.15, 0.2) is 30.3 Å². The summed E-state index contributed by atoms with van der Waals surface area (Å²) in [7, 11) is -2.02. The Hall–Kier alpha value is -1.22. The largest absolute Gasteiger partial charge is 0.305 e. The van der Waals surface area contributed by atoms with Crippen molar-refractivity contribution in [3.8, 4) is 0 Å². The van der Waals surface area contributed by atoms with Gasteiger partial charge in [-0.3, -0.25) is 4.79 Å². The summed E-state index contributed by atoms with van der Waals surface area (Å²) < 4.78 is 0. The lowest BCUT2D eigenvalue weighted by molar-refractivity contribution is -0.119. The highest BCUT2D eigenvalue weighted by molar-refractivity contribution is 7.06. The Labute approximate surface area is 136 Å². The molecular weight excluding hydrogens is 288 g/mol. The fourth-order valence-electron chi connectivity index (χ4n) is 2.35. The van der Waals surface area contributed by atoms with Gasteiger partial charge in [0, 0.05) is 19.3 Å². The van der Waals surface area contributed by atoms with E-state index in [9.17, 15) is 9.59 Å². The lowest BCUT2D eigenvalue weighted by Crippen LogP contribution is -2.46. The number of Topliss-reactive ketones (excluding diaryl/α,β-unsaturated/α-hetero) is 1. The molecule has 0 amide bonds. The van der Waals surface area contributed by atoms with Crippen LogP contribution in [0.1, 0.15) is 58.4 Å². The van der Waals surface area contributed by atoms with Gasteiger partial charge in [0.1, 0.15) is 19.3 Å². The molecular formula is C19H30O2Si. The highest BCUT2D eigenvalue weighted by atomic mass is 28.3. The Kier molecular flexibility index (Phi) is 6.30. The Bertz CT molecular complexity index is 512. The predicted molar refractivity (Wildman–Crippen MR) is 95.9 cm³/mol. The second-order valence-electron chi connectivity index (χ2n) is 7.71. The van der Waals surface area contributed by atoms with Crippen molar-refractivity contribution in [2.45, 2.75) is 71.0 Å². The lowest BCUT2D eigenvalue weighted by Gasteiger charge is -2.36. The van der Waals surface area contributed by atoms with Crippen molar-refractivity contribution in [3.05, 3.63) is 35.9 Å². The van der Waals surface area contributed by atoms with E-state index in [1.165, 1.54) is 0 Å². The van der Waals surface area contributed by atoms with Crippen molar-refractivity contribution >= 4 is 19.3 Å². The maximum absolute atomic E-state index is 12.9. The number of rotatable bonds is 7. The highest BCUT2D eigenvalue weighted by Crippen LogP contribution is 2.39. The van der Waals surface area contributed by atoms with Crippen LogP contribution < -0.4 is 0 Å². The molecule has 0 fully saturated rings. The highest BCUT2D eigenvalue weighted by Gasteiger charge is 2.42. The molecule has 0 N–H and O–H groups in total. The minimum atomic E-state index is -2.02. The minimum Gasteiger partial charge on any atom is -0.305 e. The van der Waals surface area contributed by atoms with E-state index < -0.39 is 8.07 Å². The van der Waals surface area contributed by atoms with Crippen LogP contribution in [0.2, 0.25) is 18.1 Å². The van der Waals surface area contributed by atoms with Crippen LogP contribution in [-0.4, -0.2) is 19.3 Å². The Balaban J connectivity index is 2.99. The van der Waals surface area contributed by atoms with Crippen molar-refractivity contribution < 1.29 is 9.59 Å². The first-order chi connectivity index (χ1) is 10.1. The Morgan fingerprint density at radius 3 is 2.05 bits per heavy atom. The molecule has 0 aromatic heterocycles. The van der Waals surface area contributed by atoms with Gasteiger partial charge in [-0.1, -0.05) is 71.1 Å². The fraction of sp³-hybridized carbons (Fsp3) is 0.579. The molecule has 1 atom stereocenters. The zero-order chi connectivity index (χ0) is 17.0. The summed E-state index contributed by atoms with van der Waals surface area (Å²) in [5.74, 6) is 0.257. The third-order valence-electron chi connectivity index (χ3n) is 5.14. The van der Waals surface area contributed by atoms with Crippen LogP contribution >= 0.6 is 0 Å². The molecule has 1 aromatic rings. The van der Waals surface area contributed by atoms with Crippen LogP contribution in [0.3, 0.4) is 0 Å². The standard InChI is InChI=1S/C19H30O2Si/c1-7-17(20)13-16(15-11-9-8-10-12-15)14-18(21)22(5,6)19(2,3)4/h8-12,16H,7,13-14H2,1-6H3. The number of carbonyl (C=O) groups excluding carboxylic acids is 2. The summed E-state index contributed by atoms with van der Waals surface area (Å²) >= 11 is 0. The molecule has 0 saturated heterocycles. The Morgan fingerprint density at radius 1 is 1.05 bits per heavy atom. The molecule has 22 heavy (non-hydrogen) atoms. The number of carbonyl (C=O) groups is 2. The number of hydrogen-bond donors (Lipinski definition) is 0. The smallest absolute Gasteiger partial charge is 0.133 e. The van der Waals surface area contributed by atoms with Gasteiger partial charge in [-0.05, 0) is 16.5 Å². The number of ketones is 1. The van der Waals surface area contributed by atoms with Crippen LogP contribution in [-0.2, 0) is 9.59 Å².